The summed E-state index contributed by atoms with van der Waals surface area (Å²) >= 11 is 9.83. The molecular weight excluding hydrogens is 652 g/mol. The van der Waals surface area contributed by atoms with Gasteiger partial charge in [-0.05, 0) is 54.7 Å². The Labute approximate surface area is 265 Å². The quantitative estimate of drug-likeness (QED) is 0.216. The highest BCUT2D eigenvalue weighted by molar-refractivity contribution is 9.10. The average Bonchev–Trinajstić information content (AvgIpc) is 3.38. The summed E-state index contributed by atoms with van der Waals surface area (Å²) in [4.78, 5) is 57.1. The number of aromatic hydroxyl groups is 1. The Morgan fingerprint density at radius 1 is 0.955 bits per heavy atom. The summed E-state index contributed by atoms with van der Waals surface area (Å²) in [5.41, 5.74) is 0.285. The maximum Gasteiger partial charge on any atom is 0.257 e. The van der Waals surface area contributed by atoms with Crippen molar-refractivity contribution < 1.29 is 34.2 Å². The van der Waals surface area contributed by atoms with Crippen molar-refractivity contribution in [1.29, 1.82) is 0 Å². The van der Waals surface area contributed by atoms with E-state index in [4.69, 9.17) is 16.3 Å². The first-order valence-electron chi connectivity index (χ1n) is 14.1. The van der Waals surface area contributed by atoms with Crippen LogP contribution in [0.5, 0.6) is 11.5 Å². The molecule has 3 fully saturated rings. The van der Waals surface area contributed by atoms with Gasteiger partial charge in [0.1, 0.15) is 0 Å². The minimum atomic E-state index is -1.55. The largest absolute Gasteiger partial charge is 0.504 e. The summed E-state index contributed by atoms with van der Waals surface area (Å²) in [6.07, 6.45) is 2.06. The molecule has 3 aromatic carbocycles. The fourth-order valence-electron chi connectivity index (χ4n) is 8.04. The van der Waals surface area contributed by atoms with E-state index in [2.05, 4.69) is 15.9 Å². The number of amides is 4. The lowest BCUT2D eigenvalue weighted by Gasteiger charge is -2.50. The van der Waals surface area contributed by atoms with Gasteiger partial charge in [0.15, 0.2) is 11.5 Å². The zero-order valence-electron chi connectivity index (χ0n) is 23.3. The number of benzene rings is 3. The van der Waals surface area contributed by atoms with E-state index in [-0.39, 0.29) is 29.4 Å². The first-order chi connectivity index (χ1) is 21.1. The summed E-state index contributed by atoms with van der Waals surface area (Å²) in [7, 11) is 1.42. The second-order valence-electron chi connectivity index (χ2n) is 11.6. The van der Waals surface area contributed by atoms with Crippen LogP contribution in [0.25, 0.3) is 0 Å². The van der Waals surface area contributed by atoms with E-state index >= 15 is 4.79 Å². The van der Waals surface area contributed by atoms with Crippen molar-refractivity contribution in [3.63, 3.8) is 0 Å². The molecule has 6 atom stereocenters. The van der Waals surface area contributed by atoms with Crippen LogP contribution in [0.1, 0.15) is 29.9 Å². The molecule has 3 aromatic rings. The topological polar surface area (TPSA) is 124 Å². The Balaban J connectivity index is 1.56. The van der Waals surface area contributed by atoms with Crippen molar-refractivity contribution in [2.45, 2.75) is 24.2 Å². The number of hydrogen-bond donors (Lipinski definition) is 2. The number of ether oxygens (including phenoxy) is 1. The zero-order chi connectivity index (χ0) is 31.1. The summed E-state index contributed by atoms with van der Waals surface area (Å²) in [6.45, 7) is 0. The molecule has 2 N–H and O–H groups in total. The number of allylic oxidation sites excluding steroid dienone is 2. The maximum atomic E-state index is 15.1. The summed E-state index contributed by atoms with van der Waals surface area (Å²) in [5, 5.41) is 22.5. The van der Waals surface area contributed by atoms with E-state index < -0.39 is 58.6 Å². The highest BCUT2D eigenvalue weighted by Gasteiger charge is 2.70. The number of imide groups is 2. The second-order valence-corrected chi connectivity index (χ2v) is 13.0. The van der Waals surface area contributed by atoms with Crippen LogP contribution in [-0.2, 0) is 24.6 Å². The Hall–Kier alpha value is -3.99. The SMILES string of the molecule is COc1cc(Br)cc(C2C3=CCC4C(=O)N(O)C(=O)C4C3CC3C(=O)N(c4cccc(Cl)c4)C(=O)C32c2ccccc2)c1O. The van der Waals surface area contributed by atoms with Gasteiger partial charge in [-0.3, -0.25) is 24.4 Å². The number of hydrogen-bond acceptors (Lipinski definition) is 7. The number of halogens is 2. The van der Waals surface area contributed by atoms with Crippen LogP contribution in [0.2, 0.25) is 5.02 Å². The standard InChI is InChI=1S/C33H26BrClN2O7/c1-44-25-13-17(34)12-23(28(25)38)27-20-10-11-21-26(31(41)37(43)29(21)39)22(20)15-24-30(40)36(19-9-5-8-18(35)14-19)32(42)33(24,27)16-6-3-2-4-7-16/h2-10,12-14,21-22,24,26-27,38,43H,11,15H2,1H3. The molecule has 0 aromatic heterocycles. The van der Waals surface area contributed by atoms with Gasteiger partial charge in [0, 0.05) is 21.0 Å². The molecule has 9 nitrogen and oxygen atoms in total. The molecule has 224 valence electrons. The van der Waals surface area contributed by atoms with Crippen LogP contribution in [0.4, 0.5) is 5.69 Å². The fourth-order valence-corrected chi connectivity index (χ4v) is 8.68. The molecule has 0 radical (unpaired) electrons. The molecule has 11 heteroatoms. The van der Waals surface area contributed by atoms with Crippen molar-refractivity contribution in [2.75, 3.05) is 12.0 Å². The Morgan fingerprint density at radius 3 is 2.41 bits per heavy atom. The van der Waals surface area contributed by atoms with Gasteiger partial charge in [0.25, 0.3) is 11.8 Å². The van der Waals surface area contributed by atoms with Gasteiger partial charge >= 0.3 is 0 Å². The molecule has 6 unspecified atom stereocenters. The van der Waals surface area contributed by atoms with E-state index in [0.29, 0.717) is 31.9 Å². The van der Waals surface area contributed by atoms with Gasteiger partial charge in [-0.15, -0.1) is 0 Å². The van der Waals surface area contributed by atoms with Gasteiger partial charge in [-0.1, -0.05) is 75.6 Å². The Morgan fingerprint density at radius 2 is 1.70 bits per heavy atom. The van der Waals surface area contributed by atoms with Crippen molar-refractivity contribution in [1.82, 2.24) is 5.06 Å². The molecule has 2 aliphatic carbocycles. The molecule has 4 amide bonds. The molecule has 1 saturated carbocycles. The summed E-state index contributed by atoms with van der Waals surface area (Å²) < 4.78 is 6.06. The smallest absolute Gasteiger partial charge is 0.257 e. The van der Waals surface area contributed by atoms with Crippen LogP contribution < -0.4 is 9.64 Å². The number of carbonyl (C=O) groups excluding carboxylic acids is 4. The molecule has 7 rings (SSSR count). The number of nitrogens with zero attached hydrogens (tertiary/aromatic N) is 2. The third kappa shape index (κ3) is 3.80. The molecule has 2 aliphatic heterocycles. The summed E-state index contributed by atoms with van der Waals surface area (Å²) in [6, 6.07) is 18.8. The summed E-state index contributed by atoms with van der Waals surface area (Å²) in [5.74, 6) is -6.80. The number of methoxy groups -OCH3 is 1. The Bertz CT molecular complexity index is 1800. The molecule has 4 aliphatic rings. The van der Waals surface area contributed by atoms with E-state index in [1.165, 1.54) is 7.11 Å². The Kier molecular flexibility index (Phi) is 6.73. The van der Waals surface area contributed by atoms with Gasteiger partial charge < -0.3 is 9.84 Å². The van der Waals surface area contributed by atoms with Gasteiger partial charge in [0.2, 0.25) is 11.8 Å². The number of anilines is 1. The number of phenolic OH excluding ortho intramolecular Hbond substituents is 1. The number of fused-ring (bicyclic) bond motifs is 4. The van der Waals surface area contributed by atoms with Crippen molar-refractivity contribution >= 4 is 56.8 Å². The van der Waals surface area contributed by atoms with Crippen LogP contribution in [0.3, 0.4) is 0 Å². The highest BCUT2D eigenvalue weighted by Crippen LogP contribution is 2.65. The van der Waals surface area contributed by atoms with Crippen LogP contribution in [0, 0.1) is 23.7 Å². The van der Waals surface area contributed by atoms with Crippen molar-refractivity contribution in [3.8, 4) is 11.5 Å². The van der Waals surface area contributed by atoms with Crippen LogP contribution in [-0.4, -0.2) is 46.1 Å². The molecule has 0 bridgehead atoms. The van der Waals surface area contributed by atoms with E-state index in [1.54, 1.807) is 60.7 Å². The molecule has 2 heterocycles. The van der Waals surface area contributed by atoms with Crippen LogP contribution >= 0.6 is 27.5 Å². The highest BCUT2D eigenvalue weighted by atomic mass is 79.9. The lowest BCUT2D eigenvalue weighted by Crippen LogP contribution is -2.53. The second kappa shape index (κ2) is 10.3. The maximum absolute atomic E-state index is 15.1. The number of hydroxylamine groups is 2. The minimum Gasteiger partial charge on any atom is -0.504 e. The average molecular weight is 678 g/mol. The molecule has 0 spiro atoms. The lowest BCUT2D eigenvalue weighted by molar-refractivity contribution is -0.173. The predicted molar refractivity (Wildman–Crippen MR) is 162 cm³/mol. The van der Waals surface area contributed by atoms with Gasteiger partial charge in [-0.2, -0.15) is 5.06 Å². The third-order valence-electron chi connectivity index (χ3n) is 9.74. The zero-order valence-corrected chi connectivity index (χ0v) is 25.7. The first-order valence-corrected chi connectivity index (χ1v) is 15.3. The van der Waals surface area contributed by atoms with E-state index in [1.807, 2.05) is 12.1 Å². The number of rotatable bonds is 4. The minimum absolute atomic E-state index is 0.0682. The van der Waals surface area contributed by atoms with Gasteiger partial charge in [-0.25, -0.2) is 4.90 Å². The number of phenols is 1. The van der Waals surface area contributed by atoms with Gasteiger partial charge in [0.05, 0.1) is 36.0 Å². The lowest BCUT2D eigenvalue weighted by atomic mass is 9.49. The predicted octanol–water partition coefficient (Wildman–Crippen LogP) is 5.37. The molecule has 44 heavy (non-hydrogen) atoms. The molecule has 2 saturated heterocycles. The van der Waals surface area contributed by atoms with E-state index in [0.717, 1.165) is 4.90 Å². The van der Waals surface area contributed by atoms with Crippen LogP contribution in [0.15, 0.2) is 82.9 Å². The van der Waals surface area contributed by atoms with E-state index in [9.17, 15) is 24.7 Å². The normalized spacial score (nSPS) is 29.4. The van der Waals surface area contributed by atoms with Crippen molar-refractivity contribution in [3.05, 3.63) is 99.0 Å². The molecular formula is C33H26BrClN2O7. The monoisotopic (exact) mass is 676 g/mol. The fraction of sp³-hybridized carbons (Fsp3) is 0.273. The number of carbonyl (C=O) groups is 4. The first kappa shape index (κ1) is 28.8. The third-order valence-corrected chi connectivity index (χ3v) is 10.4. The van der Waals surface area contributed by atoms with Crippen molar-refractivity contribution in [2.24, 2.45) is 23.7 Å².